The van der Waals surface area contributed by atoms with E-state index in [2.05, 4.69) is 20.4 Å². The number of amides is 1. The summed E-state index contributed by atoms with van der Waals surface area (Å²) in [6.45, 7) is 7.41. The fourth-order valence-electron chi connectivity index (χ4n) is 3.60. The SMILES string of the molecule is Cc1cc(C)c(CNC(=O)c2cc(N(C)CC(O)CO)nc3c2cnn3C(C)C)c(=O)[nH]1. The van der Waals surface area contributed by atoms with E-state index in [1.54, 1.807) is 28.9 Å². The fourth-order valence-corrected chi connectivity index (χ4v) is 3.60. The van der Waals surface area contributed by atoms with Gasteiger partial charge in [-0.25, -0.2) is 9.67 Å². The number of nitrogens with zero attached hydrogens (tertiary/aromatic N) is 4. The van der Waals surface area contributed by atoms with Gasteiger partial charge in [0, 0.05) is 37.4 Å². The van der Waals surface area contributed by atoms with Gasteiger partial charge in [0.15, 0.2) is 5.65 Å². The van der Waals surface area contributed by atoms with Crippen molar-refractivity contribution in [3.8, 4) is 0 Å². The second-order valence-electron chi connectivity index (χ2n) is 8.29. The molecule has 1 amide bonds. The van der Waals surface area contributed by atoms with E-state index in [0.29, 0.717) is 28.0 Å². The van der Waals surface area contributed by atoms with Crippen LogP contribution in [0.1, 0.15) is 47.1 Å². The van der Waals surface area contributed by atoms with Crippen molar-refractivity contribution in [2.24, 2.45) is 0 Å². The molecule has 172 valence electrons. The average Bonchev–Trinajstić information content (AvgIpc) is 3.16. The zero-order valence-corrected chi connectivity index (χ0v) is 19.0. The summed E-state index contributed by atoms with van der Waals surface area (Å²) in [5.41, 5.74) is 2.74. The van der Waals surface area contributed by atoms with Crippen molar-refractivity contribution in [1.29, 1.82) is 0 Å². The van der Waals surface area contributed by atoms with Crippen molar-refractivity contribution in [2.75, 3.05) is 25.1 Å². The molecule has 32 heavy (non-hydrogen) atoms. The Kier molecular flexibility index (Phi) is 6.95. The number of hydrogen-bond acceptors (Lipinski definition) is 7. The van der Waals surface area contributed by atoms with Crippen LogP contribution in [-0.4, -0.2) is 62.2 Å². The number of aliphatic hydroxyl groups is 2. The quantitative estimate of drug-likeness (QED) is 0.409. The van der Waals surface area contributed by atoms with Crippen LogP contribution in [0.3, 0.4) is 0 Å². The first-order chi connectivity index (χ1) is 15.1. The Hall–Kier alpha value is -3.24. The predicted octanol–water partition coefficient (Wildman–Crippen LogP) is 1.04. The van der Waals surface area contributed by atoms with Gasteiger partial charge in [0.05, 0.1) is 29.9 Å². The van der Waals surface area contributed by atoms with E-state index in [0.717, 1.165) is 11.3 Å². The Morgan fingerprint density at radius 3 is 2.66 bits per heavy atom. The second-order valence-corrected chi connectivity index (χ2v) is 8.29. The summed E-state index contributed by atoms with van der Waals surface area (Å²) in [5, 5.41) is 26.8. The smallest absolute Gasteiger partial charge is 0.253 e. The molecule has 0 bridgehead atoms. The molecule has 0 aromatic carbocycles. The van der Waals surface area contributed by atoms with Crippen LogP contribution in [0.25, 0.3) is 11.0 Å². The number of hydrogen-bond donors (Lipinski definition) is 4. The van der Waals surface area contributed by atoms with Gasteiger partial charge >= 0.3 is 0 Å². The van der Waals surface area contributed by atoms with Gasteiger partial charge in [0.1, 0.15) is 5.82 Å². The zero-order valence-electron chi connectivity index (χ0n) is 19.0. The minimum absolute atomic E-state index is 0.0215. The predicted molar refractivity (Wildman–Crippen MR) is 122 cm³/mol. The lowest BCUT2D eigenvalue weighted by Gasteiger charge is -2.22. The summed E-state index contributed by atoms with van der Waals surface area (Å²) in [4.78, 5) is 34.5. The zero-order chi connectivity index (χ0) is 23.6. The largest absolute Gasteiger partial charge is 0.394 e. The van der Waals surface area contributed by atoms with Crippen molar-refractivity contribution in [3.63, 3.8) is 0 Å². The minimum atomic E-state index is -0.943. The third-order valence-electron chi connectivity index (χ3n) is 5.29. The van der Waals surface area contributed by atoms with Crippen LogP contribution in [0, 0.1) is 13.8 Å². The molecule has 3 aromatic rings. The van der Waals surface area contributed by atoms with Crippen LogP contribution in [0.2, 0.25) is 0 Å². The molecule has 0 fully saturated rings. The minimum Gasteiger partial charge on any atom is -0.394 e. The monoisotopic (exact) mass is 442 g/mol. The third-order valence-corrected chi connectivity index (χ3v) is 5.29. The molecule has 0 aliphatic rings. The summed E-state index contributed by atoms with van der Waals surface area (Å²) in [6, 6.07) is 3.51. The maximum atomic E-state index is 13.2. The molecular weight excluding hydrogens is 412 g/mol. The fraction of sp³-hybridized carbons (Fsp3) is 0.455. The number of likely N-dealkylation sites (N-methyl/N-ethyl adjacent to an activating group) is 1. The lowest BCUT2D eigenvalue weighted by Crippen LogP contribution is -2.32. The highest BCUT2D eigenvalue weighted by Gasteiger charge is 2.20. The molecule has 3 rings (SSSR count). The summed E-state index contributed by atoms with van der Waals surface area (Å²) < 4.78 is 1.72. The van der Waals surface area contributed by atoms with Crippen molar-refractivity contribution in [1.82, 2.24) is 25.1 Å². The van der Waals surface area contributed by atoms with E-state index < -0.39 is 6.10 Å². The number of anilines is 1. The van der Waals surface area contributed by atoms with Crippen molar-refractivity contribution in [3.05, 3.63) is 51.1 Å². The van der Waals surface area contributed by atoms with Gasteiger partial charge in [0.25, 0.3) is 11.5 Å². The summed E-state index contributed by atoms with van der Waals surface area (Å²) >= 11 is 0. The third kappa shape index (κ3) is 4.81. The van der Waals surface area contributed by atoms with E-state index in [1.807, 2.05) is 33.8 Å². The molecule has 10 nitrogen and oxygen atoms in total. The van der Waals surface area contributed by atoms with E-state index >= 15 is 0 Å². The molecule has 3 aromatic heterocycles. The number of aromatic amines is 1. The number of rotatable bonds is 8. The highest BCUT2D eigenvalue weighted by atomic mass is 16.3. The van der Waals surface area contributed by atoms with Gasteiger partial charge in [-0.05, 0) is 45.4 Å². The number of nitrogens with one attached hydrogen (secondary N) is 2. The van der Waals surface area contributed by atoms with Crippen molar-refractivity contribution >= 4 is 22.8 Å². The van der Waals surface area contributed by atoms with Gasteiger partial charge in [-0.3, -0.25) is 9.59 Å². The molecule has 0 spiro atoms. The number of aliphatic hydroxyl groups excluding tert-OH is 2. The number of carbonyl (C=O) groups excluding carboxylic acids is 1. The van der Waals surface area contributed by atoms with Crippen LogP contribution in [-0.2, 0) is 6.54 Å². The highest BCUT2D eigenvalue weighted by Crippen LogP contribution is 2.25. The molecule has 0 aliphatic carbocycles. The summed E-state index contributed by atoms with van der Waals surface area (Å²) in [5.74, 6) is 0.0966. The van der Waals surface area contributed by atoms with E-state index in [9.17, 15) is 14.7 Å². The lowest BCUT2D eigenvalue weighted by atomic mass is 10.1. The standard InChI is InChI=1S/C22H30N6O4/c1-12(2)28-20-18(9-24-28)16(7-19(26-20)27(5)10-15(30)11-29)21(31)23-8-17-13(3)6-14(4)25-22(17)32/h6-7,9,12,15,29-30H,8,10-11H2,1-5H3,(H,23,31)(H,25,32). The Bertz CT molecular complexity index is 1180. The Balaban J connectivity index is 1.98. The maximum absolute atomic E-state index is 13.2. The molecule has 10 heteroatoms. The van der Waals surface area contributed by atoms with Crippen LogP contribution < -0.4 is 15.8 Å². The number of aryl methyl sites for hydroxylation is 2. The number of H-pyrrole nitrogens is 1. The van der Waals surface area contributed by atoms with Gasteiger partial charge in [-0.2, -0.15) is 5.10 Å². The van der Waals surface area contributed by atoms with Gasteiger partial charge in [-0.1, -0.05) is 0 Å². The summed E-state index contributed by atoms with van der Waals surface area (Å²) in [6.07, 6.45) is 0.661. The first-order valence-electron chi connectivity index (χ1n) is 10.5. The number of aromatic nitrogens is 4. The molecule has 1 atom stereocenters. The Labute approximate surface area is 185 Å². The Morgan fingerprint density at radius 2 is 2.03 bits per heavy atom. The van der Waals surface area contributed by atoms with Gasteiger partial charge in [-0.15, -0.1) is 0 Å². The maximum Gasteiger partial charge on any atom is 0.253 e. The molecule has 1 unspecified atom stereocenters. The van der Waals surface area contributed by atoms with Gasteiger partial charge < -0.3 is 25.4 Å². The second kappa shape index (κ2) is 9.49. The number of fused-ring (bicyclic) bond motifs is 1. The molecule has 0 radical (unpaired) electrons. The number of carbonyl (C=O) groups is 1. The van der Waals surface area contributed by atoms with E-state index in [1.165, 1.54) is 0 Å². The normalized spacial score (nSPS) is 12.4. The first-order valence-corrected chi connectivity index (χ1v) is 10.5. The van der Waals surface area contributed by atoms with Crippen molar-refractivity contribution in [2.45, 2.75) is 46.4 Å². The lowest BCUT2D eigenvalue weighted by molar-refractivity contribution is 0.0952. The average molecular weight is 443 g/mol. The molecule has 0 saturated carbocycles. The number of pyridine rings is 2. The van der Waals surface area contributed by atoms with Crippen LogP contribution in [0.15, 0.2) is 23.1 Å². The van der Waals surface area contributed by atoms with Crippen LogP contribution in [0.4, 0.5) is 5.82 Å². The molecule has 4 N–H and O–H groups in total. The molecule has 3 heterocycles. The summed E-state index contributed by atoms with van der Waals surface area (Å²) in [7, 11) is 1.72. The first kappa shape index (κ1) is 23.4. The molecule has 0 aliphatic heterocycles. The van der Waals surface area contributed by atoms with Crippen molar-refractivity contribution < 1.29 is 15.0 Å². The Morgan fingerprint density at radius 1 is 1.31 bits per heavy atom. The molecule has 0 saturated heterocycles. The van der Waals surface area contributed by atoms with Gasteiger partial charge in [0.2, 0.25) is 0 Å². The molecular formula is C22H30N6O4. The highest BCUT2D eigenvalue weighted by molar-refractivity contribution is 6.06. The topological polar surface area (TPSA) is 136 Å². The van der Waals surface area contributed by atoms with Crippen LogP contribution in [0.5, 0.6) is 0 Å². The van der Waals surface area contributed by atoms with E-state index in [-0.39, 0.29) is 37.2 Å². The van der Waals surface area contributed by atoms with E-state index in [4.69, 9.17) is 5.11 Å². The van der Waals surface area contributed by atoms with Crippen LogP contribution >= 0.6 is 0 Å².